The Morgan fingerprint density at radius 3 is 2.28 bits per heavy atom. The number of nitrogens with zero attached hydrogens (tertiary/aromatic N) is 2. The summed E-state index contributed by atoms with van der Waals surface area (Å²) in [6, 6.07) is 12.0. The molecule has 2 nitrogen and oxygen atoms in total. The number of quaternary nitrogens is 1. The third kappa shape index (κ3) is 5.67. The van der Waals surface area contributed by atoms with Crippen molar-refractivity contribution in [2.75, 3.05) is 39.8 Å². The summed E-state index contributed by atoms with van der Waals surface area (Å²) < 4.78 is 1.29. The van der Waals surface area contributed by atoms with Crippen LogP contribution in [0.5, 0.6) is 0 Å². The predicted octanol–water partition coefficient (Wildman–Crippen LogP) is 1.87. The molecule has 3 heteroatoms. The van der Waals surface area contributed by atoms with Gasteiger partial charge in [-0.3, -0.25) is 4.90 Å². The number of hydrogen-bond donors (Lipinski definition) is 0. The normalized spacial score (nSPS) is 23.0. The van der Waals surface area contributed by atoms with Crippen LogP contribution < -0.4 is 24.0 Å². The molecule has 1 aromatic carbocycles. The van der Waals surface area contributed by atoms with Crippen molar-refractivity contribution in [3.63, 3.8) is 0 Å². The van der Waals surface area contributed by atoms with Crippen LogP contribution in [0, 0.1) is 5.92 Å². The molecular weight excluding hydrogens is 419 g/mol. The smallest absolute Gasteiger partial charge is 0.0914 e. The Kier molecular flexibility index (Phi) is 8.70. The van der Waals surface area contributed by atoms with Gasteiger partial charge in [0.05, 0.1) is 26.7 Å². The molecule has 0 amide bonds. The van der Waals surface area contributed by atoms with E-state index < -0.39 is 0 Å². The predicted molar refractivity (Wildman–Crippen MR) is 103 cm³/mol. The number of rotatable bonds is 6. The zero-order valence-corrected chi connectivity index (χ0v) is 18.5. The molecule has 1 saturated carbocycles. The molecule has 2 aliphatic rings. The van der Waals surface area contributed by atoms with Crippen molar-refractivity contribution in [3.05, 3.63) is 35.9 Å². The van der Waals surface area contributed by atoms with Crippen LogP contribution in [0.15, 0.2) is 30.3 Å². The van der Waals surface area contributed by atoms with Crippen molar-refractivity contribution in [2.24, 2.45) is 5.92 Å². The van der Waals surface area contributed by atoms with Gasteiger partial charge < -0.3 is 28.5 Å². The quantitative estimate of drug-likeness (QED) is 0.467. The van der Waals surface area contributed by atoms with E-state index in [0.29, 0.717) is 6.04 Å². The lowest BCUT2D eigenvalue weighted by molar-refractivity contribution is -0.914. The molecule has 1 saturated heterocycles. The van der Waals surface area contributed by atoms with Crippen LogP contribution in [0.3, 0.4) is 0 Å². The number of likely N-dealkylation sites (N-methyl/N-ethyl adjacent to an activating group) is 1. The molecule has 2 fully saturated rings. The van der Waals surface area contributed by atoms with Gasteiger partial charge in [-0.05, 0) is 30.7 Å². The first kappa shape index (κ1) is 21.2. The molecule has 1 unspecified atom stereocenters. The third-order valence-electron chi connectivity index (χ3n) is 6.54. The van der Waals surface area contributed by atoms with Crippen LogP contribution in [0.1, 0.15) is 63.5 Å². The number of piperazine rings is 1. The first-order chi connectivity index (χ1) is 11.7. The summed E-state index contributed by atoms with van der Waals surface area (Å²) in [7, 11) is 2.48. The van der Waals surface area contributed by atoms with Crippen molar-refractivity contribution in [3.8, 4) is 0 Å². The van der Waals surface area contributed by atoms with E-state index in [4.69, 9.17) is 0 Å². The molecule has 0 aromatic heterocycles. The van der Waals surface area contributed by atoms with Crippen LogP contribution in [0.4, 0.5) is 0 Å². The molecular formula is C22H37IN2. The maximum absolute atomic E-state index is 2.83. The van der Waals surface area contributed by atoms with Crippen molar-refractivity contribution in [2.45, 2.75) is 57.9 Å². The number of hydrogen-bond acceptors (Lipinski definition) is 1. The van der Waals surface area contributed by atoms with Crippen molar-refractivity contribution >= 4 is 0 Å². The Bertz CT molecular complexity index is 476. The summed E-state index contributed by atoms with van der Waals surface area (Å²) in [5.41, 5.74) is 1.56. The zero-order valence-electron chi connectivity index (χ0n) is 16.3. The maximum atomic E-state index is 2.83. The second-order valence-corrected chi connectivity index (χ2v) is 8.43. The lowest BCUT2D eigenvalue weighted by atomic mass is 9.80. The zero-order chi connectivity index (χ0) is 16.8. The summed E-state index contributed by atoms with van der Waals surface area (Å²) in [6.07, 6.45) is 9.88. The van der Waals surface area contributed by atoms with Gasteiger partial charge in [0.1, 0.15) is 0 Å². The van der Waals surface area contributed by atoms with Gasteiger partial charge in [0.15, 0.2) is 0 Å². The van der Waals surface area contributed by atoms with Gasteiger partial charge in [0.25, 0.3) is 0 Å². The van der Waals surface area contributed by atoms with Crippen molar-refractivity contribution in [1.82, 2.24) is 4.90 Å². The number of unbranched alkanes of at least 4 members (excludes halogenated alkanes) is 1. The summed E-state index contributed by atoms with van der Waals surface area (Å²) in [5.74, 6) is 0.869. The topological polar surface area (TPSA) is 3.24 Å². The first-order valence-electron chi connectivity index (χ1n) is 10.3. The van der Waals surface area contributed by atoms with Crippen LogP contribution in [-0.4, -0.2) is 49.2 Å². The Balaban J connectivity index is 0.00000225. The van der Waals surface area contributed by atoms with Gasteiger partial charge in [-0.2, -0.15) is 0 Å². The van der Waals surface area contributed by atoms with Gasteiger partial charge in [-0.1, -0.05) is 62.9 Å². The molecule has 0 spiro atoms. The van der Waals surface area contributed by atoms with Gasteiger partial charge in [-0.25, -0.2) is 0 Å². The second-order valence-electron chi connectivity index (χ2n) is 8.43. The van der Waals surface area contributed by atoms with Gasteiger partial charge in [0.2, 0.25) is 0 Å². The Hall–Kier alpha value is -0.130. The highest BCUT2D eigenvalue weighted by Crippen LogP contribution is 2.39. The molecule has 1 heterocycles. The monoisotopic (exact) mass is 456 g/mol. The minimum Gasteiger partial charge on any atom is -1.00 e. The van der Waals surface area contributed by atoms with E-state index in [1.165, 1.54) is 82.2 Å². The number of benzene rings is 1. The highest BCUT2D eigenvalue weighted by molar-refractivity contribution is 5.20. The summed E-state index contributed by atoms with van der Waals surface area (Å²) in [4.78, 5) is 2.83. The highest BCUT2D eigenvalue weighted by atomic mass is 127. The van der Waals surface area contributed by atoms with Crippen molar-refractivity contribution in [1.29, 1.82) is 0 Å². The first-order valence-corrected chi connectivity index (χ1v) is 10.3. The van der Waals surface area contributed by atoms with Gasteiger partial charge >= 0.3 is 0 Å². The Labute approximate surface area is 172 Å². The molecule has 0 radical (unpaired) electrons. The Morgan fingerprint density at radius 2 is 1.68 bits per heavy atom. The maximum Gasteiger partial charge on any atom is 0.0914 e. The fourth-order valence-corrected chi connectivity index (χ4v) is 4.89. The SMILES string of the molecule is CCCC[N+]1(C)CCN(C(c2ccccc2)C2CCCCC2)CC1.[I-]. The van der Waals surface area contributed by atoms with Crippen LogP contribution >= 0.6 is 0 Å². The summed E-state index contributed by atoms with van der Waals surface area (Å²) in [6.45, 7) is 8.89. The fourth-order valence-electron chi connectivity index (χ4n) is 4.89. The van der Waals surface area contributed by atoms with Crippen LogP contribution in [0.25, 0.3) is 0 Å². The standard InChI is InChI=1S/C22H37N2.HI/c1-3-4-17-24(2)18-15-23(16-19-24)22(20-11-7-5-8-12-20)21-13-9-6-10-14-21;/h5,7-8,11-12,21-22H,3-4,6,9-10,13-19H2,1-2H3;1H/q+1;/p-1. The molecule has 1 aliphatic heterocycles. The van der Waals surface area contributed by atoms with E-state index in [1.807, 2.05) is 0 Å². The lowest BCUT2D eigenvalue weighted by Crippen LogP contribution is -3.00. The molecule has 1 aliphatic carbocycles. The molecule has 0 N–H and O–H groups in total. The van der Waals surface area contributed by atoms with Crippen LogP contribution in [0.2, 0.25) is 0 Å². The molecule has 1 aromatic rings. The minimum absolute atomic E-state index is 0. The van der Waals surface area contributed by atoms with E-state index in [2.05, 4.69) is 49.2 Å². The minimum atomic E-state index is 0. The van der Waals surface area contributed by atoms with E-state index in [1.54, 1.807) is 5.56 Å². The van der Waals surface area contributed by atoms with E-state index in [0.717, 1.165) is 5.92 Å². The van der Waals surface area contributed by atoms with E-state index in [9.17, 15) is 0 Å². The van der Waals surface area contributed by atoms with Gasteiger partial charge in [0, 0.05) is 19.1 Å². The fraction of sp³-hybridized carbons (Fsp3) is 0.727. The molecule has 1 atom stereocenters. The molecule has 0 bridgehead atoms. The van der Waals surface area contributed by atoms with E-state index >= 15 is 0 Å². The van der Waals surface area contributed by atoms with Gasteiger partial charge in [-0.15, -0.1) is 0 Å². The average molecular weight is 456 g/mol. The molecule has 3 rings (SSSR count). The second kappa shape index (κ2) is 10.3. The summed E-state index contributed by atoms with van der Waals surface area (Å²) in [5, 5.41) is 0. The third-order valence-corrected chi connectivity index (χ3v) is 6.54. The largest absolute Gasteiger partial charge is 1.00 e. The summed E-state index contributed by atoms with van der Waals surface area (Å²) >= 11 is 0. The molecule has 25 heavy (non-hydrogen) atoms. The molecule has 142 valence electrons. The van der Waals surface area contributed by atoms with Crippen molar-refractivity contribution < 1.29 is 28.5 Å². The van der Waals surface area contributed by atoms with E-state index in [-0.39, 0.29) is 24.0 Å². The highest BCUT2D eigenvalue weighted by Gasteiger charge is 2.35. The number of halogens is 1. The van der Waals surface area contributed by atoms with Crippen LogP contribution in [-0.2, 0) is 0 Å². The Morgan fingerprint density at radius 1 is 1.04 bits per heavy atom. The lowest BCUT2D eigenvalue weighted by Gasteiger charge is -2.47. The average Bonchev–Trinajstić information content (AvgIpc) is 2.64.